The molecule has 2 saturated heterocycles. The van der Waals surface area contributed by atoms with E-state index in [1.165, 1.54) is 51.1 Å². The molecule has 8 rings (SSSR count). The fourth-order valence-corrected chi connectivity index (χ4v) is 8.07. The molecular formula is C74H100O7W2-3. The molecule has 453 valence electrons. The Morgan fingerprint density at radius 3 is 0.807 bits per heavy atom. The zero-order valence-corrected chi connectivity index (χ0v) is 59.9. The molecule has 0 spiro atoms. The first kappa shape index (κ1) is 74.4. The third-order valence-corrected chi connectivity index (χ3v) is 17.0. The Morgan fingerprint density at radius 1 is 0.446 bits per heavy atom. The van der Waals surface area contributed by atoms with E-state index in [1.807, 2.05) is 136 Å². The largest absolute Gasteiger partial charge is 0.552 e. The van der Waals surface area contributed by atoms with Gasteiger partial charge in [0.2, 0.25) is 0 Å². The fourth-order valence-electron chi connectivity index (χ4n) is 8.07. The summed E-state index contributed by atoms with van der Waals surface area (Å²) in [6.45, 7) is 49.2. The molecule has 0 atom stereocenters. The monoisotopic (exact) mass is 1470 g/mol. The number of rotatable bonds is 6. The molecule has 0 bridgehead atoms. The van der Waals surface area contributed by atoms with Crippen molar-refractivity contribution >= 4 is 0 Å². The Kier molecular flexibility index (Phi) is 30.9. The van der Waals surface area contributed by atoms with Crippen LogP contribution in [-0.4, -0.2) is 46.9 Å². The van der Waals surface area contributed by atoms with Crippen LogP contribution in [0.4, 0.5) is 0 Å². The van der Waals surface area contributed by atoms with Gasteiger partial charge in [-0.25, -0.2) is 13.2 Å². The average Bonchev–Trinajstić information content (AvgIpc) is 4.34. The fraction of sp³-hybridized carbons (Fsp3) is 0.459. The van der Waals surface area contributed by atoms with Gasteiger partial charge < -0.3 is 34.6 Å². The summed E-state index contributed by atoms with van der Waals surface area (Å²) in [5.74, 6) is 1.15. The molecule has 2 fully saturated rings. The quantitative estimate of drug-likeness (QED) is 0.123. The van der Waals surface area contributed by atoms with Gasteiger partial charge in [-0.3, -0.25) is 0 Å². The molecular weight excluding hydrogens is 1370 g/mol. The van der Waals surface area contributed by atoms with Crippen LogP contribution in [0.1, 0.15) is 186 Å². The molecule has 0 aliphatic carbocycles. The van der Waals surface area contributed by atoms with Crippen LogP contribution < -0.4 is 0 Å². The summed E-state index contributed by atoms with van der Waals surface area (Å²) in [6, 6.07) is 41.8. The second kappa shape index (κ2) is 34.5. The molecule has 0 amide bonds. The second-order valence-corrected chi connectivity index (χ2v) is 28.1. The molecule has 0 aromatic heterocycles. The Hall–Kier alpha value is -4.66. The molecule has 6 aromatic carbocycles. The SMILES string of the molecule is CC(C)(C)[C]#[W+].CC(C)(C)[C]#[W].CC(C)(C)c1cccc(-c2[c-]c(-c3cccc(C(C)(C)C)c3O)ccc2)c1O.CC(C)(C)c1cccc(-c2[c-]c(-c3cccc(C(C)(C)C)c3O)ccc2)c1O.CCOCC.[CH-]1CCCO1.[CH-]1CCCO1. The van der Waals surface area contributed by atoms with Gasteiger partial charge >= 0.3 is 99.1 Å². The summed E-state index contributed by atoms with van der Waals surface area (Å²) in [5, 5.41) is 43.5. The standard InChI is InChI=1S/2C26H29O2.2C5H9.2C4H7O.C4H10O.2W/c2*1-25(2,3)21-14-8-12-19(23(21)27)17-10-7-11-18(16-17)20-13-9-15-22(24(20)28)26(4,5)6;2*1-5(2,3)4;2*1-2-4-5-3-1;1-3-5-4-2;;/h2*7-15,27-28H,1-6H3;2*1-3H3;2*3H,1-2,4H2;3-4H2,1-2H3;;/q2*-1;;;2*-1;;;+1. The van der Waals surface area contributed by atoms with E-state index < -0.39 is 0 Å². The molecule has 2 aliphatic heterocycles. The van der Waals surface area contributed by atoms with Crippen LogP contribution in [-0.2, 0) is 74.2 Å². The van der Waals surface area contributed by atoms with Gasteiger partial charge in [0.15, 0.2) is 0 Å². The number of ether oxygens (including phenoxy) is 3. The Bertz CT molecular complexity index is 2610. The van der Waals surface area contributed by atoms with E-state index in [2.05, 4.69) is 145 Å². The number of para-hydroxylation sites is 4. The van der Waals surface area contributed by atoms with Gasteiger partial charge in [-0.1, -0.05) is 169 Å². The maximum atomic E-state index is 10.9. The van der Waals surface area contributed by atoms with Gasteiger partial charge in [0, 0.05) is 26.4 Å². The van der Waals surface area contributed by atoms with E-state index in [0.29, 0.717) is 10.8 Å². The van der Waals surface area contributed by atoms with Crippen LogP contribution in [0.15, 0.2) is 109 Å². The summed E-state index contributed by atoms with van der Waals surface area (Å²) in [4.78, 5) is 0. The Morgan fingerprint density at radius 2 is 0.675 bits per heavy atom. The first-order valence-electron chi connectivity index (χ1n) is 29.1. The third kappa shape index (κ3) is 26.2. The molecule has 0 saturated carbocycles. The van der Waals surface area contributed by atoms with Crippen molar-refractivity contribution in [1.29, 1.82) is 0 Å². The molecule has 6 aromatic rings. The number of benzene rings is 6. The normalized spacial score (nSPS) is 13.1. The van der Waals surface area contributed by atoms with E-state index in [9.17, 15) is 20.4 Å². The summed E-state index contributed by atoms with van der Waals surface area (Å²) >= 11 is 2.88. The van der Waals surface area contributed by atoms with Crippen LogP contribution in [0.5, 0.6) is 23.0 Å². The summed E-state index contributed by atoms with van der Waals surface area (Å²) < 4.78 is 20.8. The van der Waals surface area contributed by atoms with Gasteiger partial charge in [0.25, 0.3) is 0 Å². The van der Waals surface area contributed by atoms with E-state index in [1.54, 1.807) is 0 Å². The Balaban J connectivity index is 0.000000392. The van der Waals surface area contributed by atoms with Crippen molar-refractivity contribution in [1.82, 2.24) is 0 Å². The van der Waals surface area contributed by atoms with Gasteiger partial charge in [-0.15, -0.1) is 70.8 Å². The maximum Gasteiger partial charge on any atom is 0.0939 e. The topological polar surface area (TPSA) is 109 Å². The molecule has 83 heavy (non-hydrogen) atoms. The number of hydrogen-bond acceptors (Lipinski definition) is 7. The van der Waals surface area contributed by atoms with Crippen molar-refractivity contribution in [2.24, 2.45) is 10.8 Å². The maximum absolute atomic E-state index is 10.9. The Labute approximate surface area is 525 Å². The summed E-state index contributed by atoms with van der Waals surface area (Å²) in [7, 11) is 0. The minimum absolute atomic E-state index is 0.156. The molecule has 9 heteroatoms. The smallest absolute Gasteiger partial charge is 0.0939 e. The van der Waals surface area contributed by atoms with Crippen molar-refractivity contribution in [3.05, 3.63) is 157 Å². The molecule has 4 N–H and O–H groups in total. The van der Waals surface area contributed by atoms with Gasteiger partial charge in [-0.05, 0) is 80.0 Å². The van der Waals surface area contributed by atoms with Crippen LogP contribution in [0.2, 0.25) is 0 Å². The van der Waals surface area contributed by atoms with E-state index in [4.69, 9.17) is 14.2 Å². The van der Waals surface area contributed by atoms with Crippen LogP contribution in [0.3, 0.4) is 0 Å². The summed E-state index contributed by atoms with van der Waals surface area (Å²) in [5.41, 5.74) is 9.88. The number of phenols is 4. The molecule has 7 nitrogen and oxygen atoms in total. The van der Waals surface area contributed by atoms with Gasteiger partial charge in [-0.2, -0.15) is 12.8 Å². The van der Waals surface area contributed by atoms with Crippen molar-refractivity contribution in [2.45, 2.75) is 186 Å². The van der Waals surface area contributed by atoms with Gasteiger partial charge in [0.1, 0.15) is 0 Å². The van der Waals surface area contributed by atoms with Crippen molar-refractivity contribution in [3.8, 4) is 75.9 Å². The minimum atomic E-state index is -0.156. The molecule has 2 heterocycles. The molecule has 0 radical (unpaired) electrons. The van der Waals surface area contributed by atoms with Crippen LogP contribution in [0, 0.1) is 44.6 Å². The number of aromatic hydroxyl groups is 4. The van der Waals surface area contributed by atoms with Crippen molar-refractivity contribution < 1.29 is 72.9 Å². The first-order chi connectivity index (χ1) is 38.5. The van der Waals surface area contributed by atoms with Crippen LogP contribution in [0.25, 0.3) is 44.5 Å². The third-order valence-electron chi connectivity index (χ3n) is 12.6. The predicted octanol–water partition coefficient (Wildman–Crippen LogP) is 19.7. The average molecular weight is 1470 g/mol. The van der Waals surface area contributed by atoms with Crippen molar-refractivity contribution in [3.63, 3.8) is 0 Å². The zero-order chi connectivity index (χ0) is 63.0. The summed E-state index contributed by atoms with van der Waals surface area (Å²) in [6.07, 6.45) is 4.75. The zero-order valence-electron chi connectivity index (χ0n) is 54.0. The first-order valence-corrected chi connectivity index (χ1v) is 32.1. The predicted molar refractivity (Wildman–Crippen MR) is 342 cm³/mol. The molecule has 2 aliphatic rings. The molecule has 0 unspecified atom stereocenters. The van der Waals surface area contributed by atoms with E-state index in [0.717, 1.165) is 106 Å². The van der Waals surface area contributed by atoms with Gasteiger partial charge in [0.05, 0.1) is 23.0 Å². The second-order valence-electron chi connectivity index (χ2n) is 26.6. The number of hydrogen-bond donors (Lipinski definition) is 4. The minimum Gasteiger partial charge on any atom is -0.552 e. The van der Waals surface area contributed by atoms with Crippen molar-refractivity contribution in [2.75, 3.05) is 26.4 Å². The number of phenolic OH excluding ortho intramolecular Hbond substituents is 4. The van der Waals surface area contributed by atoms with E-state index in [-0.39, 0.29) is 44.7 Å². The van der Waals surface area contributed by atoms with Crippen LogP contribution >= 0.6 is 0 Å². The van der Waals surface area contributed by atoms with E-state index >= 15 is 0 Å².